The molecule has 0 radical (unpaired) electrons. The predicted octanol–water partition coefficient (Wildman–Crippen LogP) is 2.64. The maximum absolute atomic E-state index is 13.5. The average molecular weight is 327 g/mol. The molecule has 0 aliphatic heterocycles. The van der Waals surface area contributed by atoms with Crippen molar-refractivity contribution in [2.24, 2.45) is 0 Å². The zero-order valence-electron chi connectivity index (χ0n) is 10.2. The van der Waals surface area contributed by atoms with Crippen LogP contribution in [-0.4, -0.2) is 15.7 Å². The van der Waals surface area contributed by atoms with Crippen molar-refractivity contribution in [2.75, 3.05) is 11.1 Å². The van der Waals surface area contributed by atoms with Crippen molar-refractivity contribution >= 4 is 33.2 Å². The summed E-state index contributed by atoms with van der Waals surface area (Å²) in [6, 6.07) is 4.28. The number of benzene rings is 1. The third kappa shape index (κ3) is 2.93. The third-order valence-corrected chi connectivity index (χ3v) is 3.00. The van der Waals surface area contributed by atoms with Gasteiger partial charge in [-0.3, -0.25) is 9.48 Å². The van der Waals surface area contributed by atoms with Crippen molar-refractivity contribution in [3.8, 4) is 0 Å². The second-order valence-corrected chi connectivity index (χ2v) is 4.78. The van der Waals surface area contributed by atoms with Gasteiger partial charge >= 0.3 is 0 Å². The maximum atomic E-state index is 13.5. The summed E-state index contributed by atoms with van der Waals surface area (Å²) in [5.74, 6) is -1.06. The summed E-state index contributed by atoms with van der Waals surface area (Å²) >= 11 is 3.21. The standard InChI is InChI=1S/C12H12BrFN4O/c1-2-18-6-9(15)11(17-18)12(19)16-10-5-7(13)3-4-8(10)14/h3-6H,2,15H2,1H3,(H,16,19). The van der Waals surface area contributed by atoms with E-state index in [-0.39, 0.29) is 17.1 Å². The molecule has 0 bridgehead atoms. The third-order valence-electron chi connectivity index (χ3n) is 2.51. The number of rotatable bonds is 3. The van der Waals surface area contributed by atoms with E-state index in [2.05, 4.69) is 26.3 Å². The number of aryl methyl sites for hydroxylation is 1. The highest BCUT2D eigenvalue weighted by atomic mass is 79.9. The molecule has 3 N–H and O–H groups in total. The van der Waals surface area contributed by atoms with Crippen molar-refractivity contribution in [3.05, 3.63) is 40.4 Å². The fraction of sp³-hybridized carbons (Fsp3) is 0.167. The van der Waals surface area contributed by atoms with Gasteiger partial charge in [-0.15, -0.1) is 0 Å². The molecule has 1 aromatic carbocycles. The Morgan fingerprint density at radius 1 is 1.58 bits per heavy atom. The summed E-state index contributed by atoms with van der Waals surface area (Å²) in [5.41, 5.74) is 6.11. The summed E-state index contributed by atoms with van der Waals surface area (Å²) in [6.45, 7) is 2.48. The number of carbonyl (C=O) groups is 1. The number of halogens is 2. The molecular weight excluding hydrogens is 315 g/mol. The summed E-state index contributed by atoms with van der Waals surface area (Å²) in [6.07, 6.45) is 1.56. The van der Waals surface area contributed by atoms with Crippen LogP contribution in [0.5, 0.6) is 0 Å². The molecular formula is C12H12BrFN4O. The summed E-state index contributed by atoms with van der Waals surface area (Å²) in [4.78, 5) is 12.0. The lowest BCUT2D eigenvalue weighted by Crippen LogP contribution is -2.15. The molecule has 1 amide bonds. The molecule has 1 heterocycles. The molecule has 2 rings (SSSR count). The molecule has 0 spiro atoms. The highest BCUT2D eigenvalue weighted by Crippen LogP contribution is 2.21. The zero-order chi connectivity index (χ0) is 14.0. The van der Waals surface area contributed by atoms with Gasteiger partial charge in [0.05, 0.1) is 11.4 Å². The molecule has 19 heavy (non-hydrogen) atoms. The molecule has 7 heteroatoms. The molecule has 5 nitrogen and oxygen atoms in total. The van der Waals surface area contributed by atoms with Crippen molar-refractivity contribution < 1.29 is 9.18 Å². The Labute approximate surface area is 117 Å². The first-order chi connectivity index (χ1) is 9.01. The van der Waals surface area contributed by atoms with Crippen molar-refractivity contribution in [1.82, 2.24) is 9.78 Å². The number of amides is 1. The van der Waals surface area contributed by atoms with Crippen LogP contribution in [0.3, 0.4) is 0 Å². The number of nitrogen functional groups attached to an aromatic ring is 1. The van der Waals surface area contributed by atoms with E-state index in [1.54, 1.807) is 16.9 Å². The van der Waals surface area contributed by atoms with Crippen LogP contribution in [0, 0.1) is 5.82 Å². The van der Waals surface area contributed by atoms with Crippen LogP contribution in [0.2, 0.25) is 0 Å². The van der Waals surface area contributed by atoms with E-state index in [1.807, 2.05) is 6.92 Å². The normalized spacial score (nSPS) is 10.5. The Bertz CT molecular complexity index is 626. The van der Waals surface area contributed by atoms with Gasteiger partial charge in [-0.25, -0.2) is 4.39 Å². The Hall–Kier alpha value is -1.89. The van der Waals surface area contributed by atoms with Crippen LogP contribution in [0.25, 0.3) is 0 Å². The SMILES string of the molecule is CCn1cc(N)c(C(=O)Nc2cc(Br)ccc2F)n1. The number of carbonyl (C=O) groups excluding carboxylic acids is 1. The molecule has 0 aliphatic carbocycles. The number of nitrogens with two attached hydrogens (primary N) is 1. The maximum Gasteiger partial charge on any atom is 0.278 e. The Kier molecular flexibility index (Phi) is 3.84. The second kappa shape index (κ2) is 5.40. The first kappa shape index (κ1) is 13.5. The van der Waals surface area contributed by atoms with E-state index < -0.39 is 11.7 Å². The minimum absolute atomic E-state index is 0.0739. The Balaban J connectivity index is 2.25. The van der Waals surface area contributed by atoms with Crippen LogP contribution in [0.4, 0.5) is 15.8 Å². The predicted molar refractivity (Wildman–Crippen MR) is 74.4 cm³/mol. The van der Waals surface area contributed by atoms with Crippen LogP contribution in [0.15, 0.2) is 28.9 Å². The van der Waals surface area contributed by atoms with Crippen LogP contribution < -0.4 is 11.1 Å². The molecule has 100 valence electrons. The molecule has 0 unspecified atom stereocenters. The van der Waals surface area contributed by atoms with Crippen LogP contribution >= 0.6 is 15.9 Å². The van der Waals surface area contributed by atoms with Gasteiger partial charge in [0, 0.05) is 17.2 Å². The molecule has 0 atom stereocenters. The molecule has 0 aliphatic rings. The fourth-order valence-corrected chi connectivity index (χ4v) is 1.91. The van der Waals surface area contributed by atoms with Gasteiger partial charge < -0.3 is 11.1 Å². The minimum Gasteiger partial charge on any atom is -0.396 e. The van der Waals surface area contributed by atoms with Crippen molar-refractivity contribution in [2.45, 2.75) is 13.5 Å². The highest BCUT2D eigenvalue weighted by Gasteiger charge is 2.16. The van der Waals surface area contributed by atoms with Gasteiger partial charge in [-0.2, -0.15) is 5.10 Å². The number of aromatic nitrogens is 2. The minimum atomic E-state index is -0.540. The van der Waals surface area contributed by atoms with Gasteiger partial charge in [0.1, 0.15) is 5.82 Å². The largest absolute Gasteiger partial charge is 0.396 e. The van der Waals surface area contributed by atoms with Crippen molar-refractivity contribution in [3.63, 3.8) is 0 Å². The van der Waals surface area contributed by atoms with E-state index in [4.69, 9.17) is 5.73 Å². The van der Waals surface area contributed by atoms with Crippen LogP contribution in [0.1, 0.15) is 17.4 Å². The summed E-state index contributed by atoms with van der Waals surface area (Å²) < 4.78 is 15.7. The number of hydrogen-bond donors (Lipinski definition) is 2. The molecule has 2 aromatic rings. The number of nitrogens with zero attached hydrogens (tertiary/aromatic N) is 2. The quantitative estimate of drug-likeness (QED) is 0.910. The van der Waals surface area contributed by atoms with E-state index >= 15 is 0 Å². The lowest BCUT2D eigenvalue weighted by molar-refractivity contribution is 0.102. The summed E-state index contributed by atoms with van der Waals surface area (Å²) in [5, 5.41) is 6.47. The summed E-state index contributed by atoms with van der Waals surface area (Å²) in [7, 11) is 0. The first-order valence-electron chi connectivity index (χ1n) is 5.60. The smallest absolute Gasteiger partial charge is 0.278 e. The zero-order valence-corrected chi connectivity index (χ0v) is 11.7. The number of anilines is 2. The lowest BCUT2D eigenvalue weighted by Gasteiger charge is -2.05. The van der Waals surface area contributed by atoms with Gasteiger partial charge in [0.2, 0.25) is 0 Å². The average Bonchev–Trinajstić information content (AvgIpc) is 2.75. The van der Waals surface area contributed by atoms with Crippen LogP contribution in [-0.2, 0) is 6.54 Å². The molecule has 0 saturated heterocycles. The first-order valence-corrected chi connectivity index (χ1v) is 6.40. The van der Waals surface area contributed by atoms with E-state index in [0.29, 0.717) is 11.0 Å². The highest BCUT2D eigenvalue weighted by molar-refractivity contribution is 9.10. The van der Waals surface area contributed by atoms with Gasteiger partial charge in [-0.05, 0) is 25.1 Å². The number of nitrogens with one attached hydrogen (secondary N) is 1. The van der Waals surface area contributed by atoms with E-state index in [0.717, 1.165) is 0 Å². The van der Waals surface area contributed by atoms with Gasteiger partial charge in [0.15, 0.2) is 5.69 Å². The van der Waals surface area contributed by atoms with E-state index in [9.17, 15) is 9.18 Å². The van der Waals surface area contributed by atoms with Gasteiger partial charge in [0.25, 0.3) is 5.91 Å². The Morgan fingerprint density at radius 3 is 2.95 bits per heavy atom. The topological polar surface area (TPSA) is 72.9 Å². The fourth-order valence-electron chi connectivity index (χ4n) is 1.55. The number of hydrogen-bond acceptors (Lipinski definition) is 3. The molecule has 0 fully saturated rings. The van der Waals surface area contributed by atoms with Gasteiger partial charge in [-0.1, -0.05) is 15.9 Å². The monoisotopic (exact) mass is 326 g/mol. The second-order valence-electron chi connectivity index (χ2n) is 3.87. The van der Waals surface area contributed by atoms with Crippen molar-refractivity contribution in [1.29, 1.82) is 0 Å². The van der Waals surface area contributed by atoms with E-state index in [1.165, 1.54) is 12.1 Å². The lowest BCUT2D eigenvalue weighted by atomic mass is 10.3. The molecule has 0 saturated carbocycles. The Morgan fingerprint density at radius 2 is 2.32 bits per heavy atom. The molecule has 1 aromatic heterocycles.